The highest BCUT2D eigenvalue weighted by Crippen LogP contribution is 2.37. The maximum atomic E-state index is 9.90. The van der Waals surface area contributed by atoms with E-state index in [0.717, 1.165) is 5.56 Å². The van der Waals surface area contributed by atoms with E-state index in [1.54, 1.807) is 12.1 Å². The SMILES string of the molecule is CCOC(C)(C)CNCc1cc2c(cc1O)OCO2. The predicted molar refractivity (Wildman–Crippen MR) is 71.6 cm³/mol. The fraction of sp³-hybridized carbons (Fsp3) is 0.571. The van der Waals surface area contributed by atoms with Crippen molar-refractivity contribution in [2.24, 2.45) is 0 Å². The molecule has 2 rings (SSSR count). The molecule has 0 fully saturated rings. The van der Waals surface area contributed by atoms with Gasteiger partial charge in [-0.15, -0.1) is 0 Å². The molecule has 0 amide bonds. The minimum atomic E-state index is -0.222. The summed E-state index contributed by atoms with van der Waals surface area (Å²) >= 11 is 0. The molecule has 106 valence electrons. The zero-order valence-corrected chi connectivity index (χ0v) is 11.7. The summed E-state index contributed by atoms with van der Waals surface area (Å²) in [6.45, 7) is 8.19. The molecular weight excluding hydrogens is 246 g/mol. The van der Waals surface area contributed by atoms with Crippen LogP contribution in [-0.2, 0) is 11.3 Å². The number of phenolic OH excluding ortho intramolecular Hbond substituents is 1. The lowest BCUT2D eigenvalue weighted by molar-refractivity contribution is -0.00900. The van der Waals surface area contributed by atoms with E-state index in [9.17, 15) is 5.11 Å². The molecule has 19 heavy (non-hydrogen) atoms. The summed E-state index contributed by atoms with van der Waals surface area (Å²) in [7, 11) is 0. The van der Waals surface area contributed by atoms with Gasteiger partial charge in [0, 0.05) is 31.3 Å². The Bertz CT molecular complexity index is 445. The van der Waals surface area contributed by atoms with Gasteiger partial charge in [-0.05, 0) is 26.8 Å². The number of hydrogen-bond donors (Lipinski definition) is 2. The number of aromatic hydroxyl groups is 1. The van der Waals surface area contributed by atoms with E-state index in [4.69, 9.17) is 14.2 Å². The second kappa shape index (κ2) is 5.67. The molecule has 0 aliphatic carbocycles. The van der Waals surface area contributed by atoms with Gasteiger partial charge >= 0.3 is 0 Å². The van der Waals surface area contributed by atoms with Gasteiger partial charge in [0.25, 0.3) is 0 Å². The van der Waals surface area contributed by atoms with Crippen LogP contribution in [0.1, 0.15) is 26.3 Å². The number of hydrogen-bond acceptors (Lipinski definition) is 5. The maximum absolute atomic E-state index is 9.90. The molecule has 5 nitrogen and oxygen atoms in total. The van der Waals surface area contributed by atoms with E-state index in [1.165, 1.54) is 0 Å². The maximum Gasteiger partial charge on any atom is 0.231 e. The molecule has 0 radical (unpaired) electrons. The summed E-state index contributed by atoms with van der Waals surface area (Å²) in [4.78, 5) is 0. The fourth-order valence-electron chi connectivity index (χ4n) is 2.05. The fourth-order valence-corrected chi connectivity index (χ4v) is 2.05. The van der Waals surface area contributed by atoms with Crippen molar-refractivity contribution in [1.82, 2.24) is 5.32 Å². The van der Waals surface area contributed by atoms with Gasteiger partial charge in [-0.25, -0.2) is 0 Å². The summed E-state index contributed by atoms with van der Waals surface area (Å²) in [6, 6.07) is 3.39. The van der Waals surface area contributed by atoms with Gasteiger partial charge < -0.3 is 24.6 Å². The minimum absolute atomic E-state index is 0.211. The first-order chi connectivity index (χ1) is 9.02. The first-order valence-corrected chi connectivity index (χ1v) is 6.48. The molecule has 1 aromatic rings. The Kier molecular flexibility index (Phi) is 4.17. The highest BCUT2D eigenvalue weighted by atomic mass is 16.7. The van der Waals surface area contributed by atoms with Crippen LogP contribution in [-0.4, -0.2) is 30.7 Å². The smallest absolute Gasteiger partial charge is 0.231 e. The van der Waals surface area contributed by atoms with E-state index >= 15 is 0 Å². The quantitative estimate of drug-likeness (QED) is 0.826. The normalized spacial score (nSPS) is 13.8. The molecule has 0 saturated carbocycles. The molecule has 1 aromatic carbocycles. The van der Waals surface area contributed by atoms with Crippen molar-refractivity contribution in [3.63, 3.8) is 0 Å². The van der Waals surface area contributed by atoms with E-state index in [1.807, 2.05) is 20.8 Å². The number of ether oxygens (including phenoxy) is 3. The van der Waals surface area contributed by atoms with Crippen molar-refractivity contribution in [3.05, 3.63) is 17.7 Å². The Morgan fingerprint density at radius 1 is 1.32 bits per heavy atom. The van der Waals surface area contributed by atoms with Crippen LogP contribution in [0.25, 0.3) is 0 Å². The molecule has 5 heteroatoms. The van der Waals surface area contributed by atoms with E-state index in [0.29, 0.717) is 31.2 Å². The molecule has 1 heterocycles. The first kappa shape index (κ1) is 14.0. The molecule has 0 unspecified atom stereocenters. The third-order valence-corrected chi connectivity index (χ3v) is 2.98. The van der Waals surface area contributed by atoms with Crippen LogP contribution in [0.4, 0.5) is 0 Å². The van der Waals surface area contributed by atoms with Gasteiger partial charge in [0.2, 0.25) is 6.79 Å². The Labute approximate surface area is 113 Å². The average Bonchev–Trinajstić information content (AvgIpc) is 2.76. The van der Waals surface area contributed by atoms with Crippen LogP contribution in [0.2, 0.25) is 0 Å². The number of fused-ring (bicyclic) bond motifs is 1. The van der Waals surface area contributed by atoms with Crippen molar-refractivity contribution in [3.8, 4) is 17.2 Å². The number of nitrogens with one attached hydrogen (secondary N) is 1. The topological polar surface area (TPSA) is 60.0 Å². The Balaban J connectivity index is 1.93. The van der Waals surface area contributed by atoms with Gasteiger partial charge in [0.15, 0.2) is 11.5 Å². The number of benzene rings is 1. The van der Waals surface area contributed by atoms with Crippen LogP contribution < -0.4 is 14.8 Å². The Morgan fingerprint density at radius 2 is 2.00 bits per heavy atom. The molecule has 0 spiro atoms. The van der Waals surface area contributed by atoms with E-state index < -0.39 is 0 Å². The molecule has 1 aliphatic rings. The molecular formula is C14H21NO4. The highest BCUT2D eigenvalue weighted by molar-refractivity contribution is 5.51. The molecule has 0 bridgehead atoms. The summed E-state index contributed by atoms with van der Waals surface area (Å²) in [5.41, 5.74) is 0.567. The van der Waals surface area contributed by atoms with Crippen molar-refractivity contribution in [2.45, 2.75) is 32.9 Å². The lowest BCUT2D eigenvalue weighted by Gasteiger charge is -2.25. The second-order valence-corrected chi connectivity index (χ2v) is 5.13. The summed E-state index contributed by atoms with van der Waals surface area (Å²) in [6.07, 6.45) is 0. The van der Waals surface area contributed by atoms with Crippen LogP contribution in [0.15, 0.2) is 12.1 Å². The second-order valence-electron chi connectivity index (χ2n) is 5.13. The first-order valence-electron chi connectivity index (χ1n) is 6.48. The van der Waals surface area contributed by atoms with Crippen molar-refractivity contribution < 1.29 is 19.3 Å². The standard InChI is InChI=1S/C14H21NO4/c1-4-19-14(2,3)8-15-7-10-5-12-13(6-11(10)16)18-9-17-12/h5-6,15-16H,4,7-9H2,1-3H3. The monoisotopic (exact) mass is 267 g/mol. The van der Waals surface area contributed by atoms with Crippen molar-refractivity contribution >= 4 is 0 Å². The lowest BCUT2D eigenvalue weighted by Crippen LogP contribution is -2.37. The van der Waals surface area contributed by atoms with Crippen LogP contribution in [0, 0.1) is 0 Å². The average molecular weight is 267 g/mol. The van der Waals surface area contributed by atoms with Gasteiger partial charge in [0.1, 0.15) is 5.75 Å². The van der Waals surface area contributed by atoms with Crippen molar-refractivity contribution in [1.29, 1.82) is 0 Å². The summed E-state index contributed by atoms with van der Waals surface area (Å²) in [5, 5.41) is 13.2. The Hall–Kier alpha value is -1.46. The van der Waals surface area contributed by atoms with Crippen molar-refractivity contribution in [2.75, 3.05) is 19.9 Å². The van der Waals surface area contributed by atoms with E-state index in [-0.39, 0.29) is 18.1 Å². The van der Waals surface area contributed by atoms with Crippen LogP contribution in [0.5, 0.6) is 17.2 Å². The van der Waals surface area contributed by atoms with Gasteiger partial charge in [-0.2, -0.15) is 0 Å². The lowest BCUT2D eigenvalue weighted by atomic mass is 10.1. The number of rotatable bonds is 6. The zero-order valence-electron chi connectivity index (χ0n) is 11.7. The third-order valence-electron chi connectivity index (χ3n) is 2.98. The van der Waals surface area contributed by atoms with Gasteiger partial charge in [-0.1, -0.05) is 0 Å². The molecule has 0 aromatic heterocycles. The summed E-state index contributed by atoms with van der Waals surface area (Å²) < 4.78 is 16.1. The number of phenols is 1. The molecule has 0 saturated heterocycles. The van der Waals surface area contributed by atoms with E-state index in [2.05, 4.69) is 5.32 Å². The van der Waals surface area contributed by atoms with Gasteiger partial charge in [-0.3, -0.25) is 0 Å². The summed E-state index contributed by atoms with van der Waals surface area (Å²) in [5.74, 6) is 1.49. The zero-order chi connectivity index (χ0) is 13.9. The largest absolute Gasteiger partial charge is 0.507 e. The molecule has 2 N–H and O–H groups in total. The molecule has 1 aliphatic heterocycles. The molecule has 0 atom stereocenters. The van der Waals surface area contributed by atoms with Crippen LogP contribution >= 0.6 is 0 Å². The third kappa shape index (κ3) is 3.52. The highest BCUT2D eigenvalue weighted by Gasteiger charge is 2.19. The van der Waals surface area contributed by atoms with Gasteiger partial charge in [0.05, 0.1) is 5.60 Å². The Morgan fingerprint density at radius 3 is 2.68 bits per heavy atom. The predicted octanol–water partition coefficient (Wildman–Crippen LogP) is 2.03. The van der Waals surface area contributed by atoms with Crippen LogP contribution in [0.3, 0.4) is 0 Å². The minimum Gasteiger partial charge on any atom is -0.507 e.